The molecule has 1 radical (unpaired) electrons. The van der Waals surface area contributed by atoms with Crippen molar-refractivity contribution in [2.45, 2.75) is 34.6 Å². The van der Waals surface area contributed by atoms with E-state index in [4.69, 9.17) is 13.0 Å². The first-order valence-electron chi connectivity index (χ1n) is 6.26. The second-order valence-electron chi connectivity index (χ2n) is 4.77. The van der Waals surface area contributed by atoms with Crippen molar-refractivity contribution in [1.29, 1.82) is 0 Å². The van der Waals surface area contributed by atoms with E-state index in [-0.39, 0.29) is 55.9 Å². The van der Waals surface area contributed by atoms with Gasteiger partial charge in [0.1, 0.15) is 0 Å². The van der Waals surface area contributed by atoms with Crippen molar-refractivity contribution in [2.75, 3.05) is 0 Å². The molecular formula is C16H21I2OVY-. The summed E-state index contributed by atoms with van der Waals surface area (Å²) in [4.78, 5) is 10.9. The van der Waals surface area contributed by atoms with Crippen LogP contribution in [0.1, 0.15) is 34.6 Å². The van der Waals surface area contributed by atoms with Crippen LogP contribution in [-0.2, 0) is 47.0 Å². The first-order chi connectivity index (χ1) is 9.22. The number of rotatable bonds is 4. The quantitative estimate of drug-likeness (QED) is 0.189. The molecule has 0 aliphatic carbocycles. The molecule has 0 N–H and O–H groups in total. The van der Waals surface area contributed by atoms with Crippen LogP contribution in [0.15, 0.2) is 5.57 Å². The summed E-state index contributed by atoms with van der Waals surface area (Å²) in [6.45, 7) is 15.2. The number of hydrogen-bond donors (Lipinski definition) is 0. The number of Topliss-reactive ketones (excluding diaryl/α,β-unsaturated/α-hetero) is 1. The van der Waals surface area contributed by atoms with Gasteiger partial charge in [-0.3, -0.25) is 0 Å². The van der Waals surface area contributed by atoms with Gasteiger partial charge in [-0.1, -0.05) is 27.7 Å². The van der Waals surface area contributed by atoms with E-state index < -0.39 is 0 Å². The van der Waals surface area contributed by atoms with E-state index in [0.29, 0.717) is 21.3 Å². The number of hydrogen-bond acceptors (Lipinski definition) is 1. The largest absolute Gasteiger partial charge is 0 e. The van der Waals surface area contributed by atoms with Gasteiger partial charge in [0.25, 0.3) is 0 Å². The fourth-order valence-electron chi connectivity index (χ4n) is 1.47. The Morgan fingerprint density at radius 3 is 1.86 bits per heavy atom. The SMILES string of the molecule is C#CC(C)C(C)C(C)C(C)C#CC(=[CH-])C(C)=O.[I][V][I].[Y]. The summed E-state index contributed by atoms with van der Waals surface area (Å²) in [6.07, 6.45) is 5.42. The van der Waals surface area contributed by atoms with Gasteiger partial charge in [0.05, 0.1) is 5.78 Å². The van der Waals surface area contributed by atoms with E-state index in [1.807, 2.05) is 13.8 Å². The Labute approximate surface area is 184 Å². The zero-order valence-electron chi connectivity index (χ0n) is 13.2. The summed E-state index contributed by atoms with van der Waals surface area (Å²) in [5, 5.41) is 0. The third-order valence-electron chi connectivity index (χ3n) is 3.48. The molecule has 0 heterocycles. The first-order valence-corrected chi connectivity index (χ1v) is 15.3. The molecule has 0 saturated carbocycles. The van der Waals surface area contributed by atoms with Gasteiger partial charge >= 0.3 is 49.4 Å². The average molecular weight is 623 g/mol. The minimum atomic E-state index is -0.178. The molecule has 0 rings (SSSR count). The van der Waals surface area contributed by atoms with Crippen molar-refractivity contribution >= 4 is 45.7 Å². The van der Waals surface area contributed by atoms with Crippen LogP contribution in [0, 0.1) is 54.4 Å². The van der Waals surface area contributed by atoms with Crippen LogP contribution >= 0.6 is 40.0 Å². The Hall–Kier alpha value is 1.68. The maximum absolute atomic E-state index is 10.9. The Morgan fingerprint density at radius 1 is 1.14 bits per heavy atom. The fraction of sp³-hybridized carbons (Fsp3) is 0.562. The number of allylic oxidation sites excluding steroid dienone is 1. The van der Waals surface area contributed by atoms with Crippen LogP contribution in [0.2, 0.25) is 0 Å². The second kappa shape index (κ2) is 16.5. The summed E-state index contributed by atoms with van der Waals surface area (Å²) in [5.41, 5.74) is 0.127. The maximum Gasteiger partial charge on any atom is 0 e. The van der Waals surface area contributed by atoms with Crippen molar-refractivity contribution in [3.63, 3.8) is 0 Å². The van der Waals surface area contributed by atoms with Crippen molar-refractivity contribution < 1.29 is 47.0 Å². The molecule has 114 valence electrons. The molecule has 4 atom stereocenters. The number of ketones is 1. The third kappa shape index (κ3) is 13.8. The molecule has 0 aliphatic rings. The van der Waals surface area contributed by atoms with E-state index in [9.17, 15) is 4.79 Å². The van der Waals surface area contributed by atoms with Gasteiger partial charge in [-0.25, -0.2) is 12.5 Å². The molecule has 0 aromatic heterocycles. The first kappa shape index (κ1) is 27.5. The van der Waals surface area contributed by atoms with Crippen molar-refractivity contribution in [3.05, 3.63) is 12.2 Å². The van der Waals surface area contributed by atoms with Gasteiger partial charge in [0, 0.05) is 44.5 Å². The Kier molecular flexibility index (Phi) is 21.7. The van der Waals surface area contributed by atoms with Crippen LogP contribution < -0.4 is 0 Å². The molecule has 0 fully saturated rings. The molecule has 0 spiro atoms. The number of carbonyl (C=O) groups is 1. The summed E-state index contributed by atoms with van der Waals surface area (Å²) in [5.74, 6) is 9.46. The van der Waals surface area contributed by atoms with Crippen molar-refractivity contribution in [1.82, 2.24) is 0 Å². The summed E-state index contributed by atoms with van der Waals surface area (Å²) in [6, 6.07) is 0. The molecule has 0 amide bonds. The minimum Gasteiger partial charge on any atom is 0 e. The van der Waals surface area contributed by atoms with Crippen LogP contribution in [0.25, 0.3) is 0 Å². The minimum absolute atomic E-state index is 0. The van der Waals surface area contributed by atoms with Crippen LogP contribution in [0.4, 0.5) is 0 Å². The van der Waals surface area contributed by atoms with Gasteiger partial charge in [0.2, 0.25) is 0 Å². The Balaban J connectivity index is -0.000000740. The van der Waals surface area contributed by atoms with Crippen LogP contribution in [-0.4, -0.2) is 5.78 Å². The molecule has 0 aromatic rings. The molecule has 21 heavy (non-hydrogen) atoms. The second-order valence-corrected chi connectivity index (χ2v) is 16.6. The Bertz CT molecular complexity index is 420. The number of carbonyl (C=O) groups excluding carboxylic acids is 1. The van der Waals surface area contributed by atoms with Gasteiger partial charge in [-0.05, 0) is 18.8 Å². The van der Waals surface area contributed by atoms with Gasteiger partial charge < -0.3 is 4.79 Å². The molecule has 0 aliphatic heterocycles. The standard InChI is InChI=1S/C16H21O.2HI.V.Y/c1-8-11(2)14(5)15(6)12(3)9-10-13(4)16(7)17;;;;/h1,4,11-12,14-15H,2-3,5-7H3;2*1H;;/q-1;;;+2;/p-2. The molecule has 1 nitrogen and oxygen atoms in total. The topological polar surface area (TPSA) is 17.1 Å². The molecule has 5 heteroatoms. The van der Waals surface area contributed by atoms with Crippen molar-refractivity contribution in [3.8, 4) is 24.2 Å². The van der Waals surface area contributed by atoms with E-state index >= 15 is 0 Å². The molecule has 0 bridgehead atoms. The van der Waals surface area contributed by atoms with E-state index in [2.05, 4.69) is 71.6 Å². The number of terminal acetylenes is 1. The molecular weight excluding hydrogens is 602 g/mol. The maximum atomic E-state index is 10.9. The van der Waals surface area contributed by atoms with Gasteiger partial charge in [-0.15, -0.1) is 17.9 Å². The van der Waals surface area contributed by atoms with Gasteiger partial charge in [0.15, 0.2) is 0 Å². The zero-order chi connectivity index (χ0) is 16.3. The van der Waals surface area contributed by atoms with Crippen molar-refractivity contribution in [2.24, 2.45) is 23.7 Å². The Morgan fingerprint density at radius 2 is 1.52 bits per heavy atom. The summed E-state index contributed by atoms with van der Waals surface area (Å²) < 4.78 is 0. The predicted octanol–water partition coefficient (Wildman–Crippen LogP) is 4.88. The van der Waals surface area contributed by atoms with Gasteiger partial charge in [-0.2, -0.15) is 5.92 Å². The number of halogens is 2. The monoisotopic (exact) mass is 623 g/mol. The van der Waals surface area contributed by atoms with E-state index in [1.54, 1.807) is 0 Å². The van der Waals surface area contributed by atoms with Crippen LogP contribution in [0.3, 0.4) is 0 Å². The molecule has 4 unspecified atom stereocenters. The van der Waals surface area contributed by atoms with E-state index in [0.717, 1.165) is 0 Å². The average Bonchev–Trinajstić information content (AvgIpc) is 2.42. The molecule has 0 aromatic carbocycles. The zero-order valence-corrected chi connectivity index (χ0v) is 21.7. The van der Waals surface area contributed by atoms with Crippen LogP contribution in [0.5, 0.6) is 0 Å². The summed E-state index contributed by atoms with van der Waals surface area (Å²) >= 11 is 4.74. The fourth-order valence-corrected chi connectivity index (χ4v) is 1.47. The predicted molar refractivity (Wildman–Crippen MR) is 99.8 cm³/mol. The summed E-state index contributed by atoms with van der Waals surface area (Å²) in [7, 11) is 0.628. The smallest absolute Gasteiger partial charge is 0 e. The molecule has 0 saturated heterocycles. The normalized spacial score (nSPS) is 14.2. The van der Waals surface area contributed by atoms with E-state index in [1.165, 1.54) is 6.92 Å². The third-order valence-corrected chi connectivity index (χ3v) is 3.48.